The van der Waals surface area contributed by atoms with Crippen LogP contribution in [0, 0.1) is 0 Å². The predicted molar refractivity (Wildman–Crippen MR) is 107 cm³/mol. The lowest BCUT2D eigenvalue weighted by molar-refractivity contribution is 0.399. The highest BCUT2D eigenvalue weighted by Crippen LogP contribution is 2.35. The summed E-state index contributed by atoms with van der Waals surface area (Å²) in [6.07, 6.45) is 10.4. The summed E-state index contributed by atoms with van der Waals surface area (Å²) >= 11 is 1.71. The molecule has 0 N–H and O–H groups in total. The van der Waals surface area contributed by atoms with E-state index in [1.165, 1.54) is 4.88 Å². The summed E-state index contributed by atoms with van der Waals surface area (Å²) in [4.78, 5) is 20.6. The van der Waals surface area contributed by atoms with Gasteiger partial charge in [0.1, 0.15) is 15.9 Å². The van der Waals surface area contributed by atoms with Crippen LogP contribution in [0.15, 0.2) is 37.1 Å². The van der Waals surface area contributed by atoms with Crippen molar-refractivity contribution in [1.82, 2.24) is 24.5 Å². The van der Waals surface area contributed by atoms with Gasteiger partial charge >= 0.3 is 0 Å². The lowest BCUT2D eigenvalue weighted by Crippen LogP contribution is -2.20. The van der Waals surface area contributed by atoms with Gasteiger partial charge in [0.2, 0.25) is 0 Å². The fraction of sp³-hybridized carbons (Fsp3) is 0.400. The van der Waals surface area contributed by atoms with Crippen molar-refractivity contribution >= 4 is 32.7 Å². The van der Waals surface area contributed by atoms with Gasteiger partial charge in [-0.05, 0) is 26.8 Å². The molecule has 0 unspecified atom stereocenters. The summed E-state index contributed by atoms with van der Waals surface area (Å²) in [6, 6.07) is 2.15. The third-order valence-corrected chi connectivity index (χ3v) is 6.03. The molecule has 134 valence electrons. The van der Waals surface area contributed by atoms with Crippen LogP contribution in [0.1, 0.15) is 45.2 Å². The highest BCUT2D eigenvalue weighted by Gasteiger charge is 2.25. The van der Waals surface area contributed by atoms with E-state index in [0.29, 0.717) is 0 Å². The van der Waals surface area contributed by atoms with E-state index in [1.54, 1.807) is 23.7 Å². The molecule has 0 fully saturated rings. The number of hydrogen-bond acceptors (Lipinski definition) is 5. The van der Waals surface area contributed by atoms with Crippen LogP contribution in [-0.2, 0) is 17.4 Å². The van der Waals surface area contributed by atoms with Gasteiger partial charge in [-0.3, -0.25) is 9.97 Å². The number of nitrogens with zero attached hydrogens (tertiary/aromatic N) is 5. The van der Waals surface area contributed by atoms with Gasteiger partial charge < -0.3 is 4.57 Å². The summed E-state index contributed by atoms with van der Waals surface area (Å²) in [5, 5.41) is 0. The zero-order valence-electron chi connectivity index (χ0n) is 15.8. The number of fused-ring (bicyclic) bond motifs is 2. The van der Waals surface area contributed by atoms with Crippen LogP contribution >= 0.6 is 11.3 Å². The normalized spacial score (nSPS) is 13.0. The number of thiophene rings is 1. The molecule has 4 heterocycles. The van der Waals surface area contributed by atoms with Gasteiger partial charge in [-0.25, -0.2) is 9.97 Å². The smallest absolute Gasteiger partial charge is 0.142 e. The molecule has 4 aromatic heterocycles. The van der Waals surface area contributed by atoms with Crippen LogP contribution in [0.5, 0.6) is 0 Å². The van der Waals surface area contributed by atoms with E-state index in [-0.39, 0.29) is 11.0 Å². The Kier molecular flexibility index (Phi) is 3.84. The third kappa shape index (κ3) is 3.09. The van der Waals surface area contributed by atoms with Crippen LogP contribution < -0.4 is 0 Å². The van der Waals surface area contributed by atoms with Gasteiger partial charge in [-0.2, -0.15) is 0 Å². The summed E-state index contributed by atoms with van der Waals surface area (Å²) < 4.78 is 2.18. The lowest BCUT2D eigenvalue weighted by atomic mass is 9.86. The molecule has 0 aliphatic rings. The van der Waals surface area contributed by atoms with Crippen LogP contribution in [-0.4, -0.2) is 24.5 Å². The number of aromatic nitrogens is 5. The predicted octanol–water partition coefficient (Wildman–Crippen LogP) is 4.71. The van der Waals surface area contributed by atoms with Crippen molar-refractivity contribution in [2.45, 2.75) is 52.0 Å². The van der Waals surface area contributed by atoms with E-state index >= 15 is 0 Å². The van der Waals surface area contributed by atoms with Crippen molar-refractivity contribution < 1.29 is 0 Å². The molecule has 0 aromatic carbocycles. The maximum absolute atomic E-state index is 4.86. The van der Waals surface area contributed by atoms with Gasteiger partial charge in [-0.15, -0.1) is 11.3 Å². The first-order chi connectivity index (χ1) is 12.2. The van der Waals surface area contributed by atoms with Gasteiger partial charge in [0.05, 0.1) is 11.2 Å². The van der Waals surface area contributed by atoms with Crippen LogP contribution in [0.25, 0.3) is 21.4 Å². The fourth-order valence-corrected chi connectivity index (χ4v) is 4.12. The molecule has 0 aliphatic carbocycles. The second-order valence-electron chi connectivity index (χ2n) is 8.39. The highest BCUT2D eigenvalue weighted by molar-refractivity contribution is 7.18. The number of rotatable bonds is 3. The minimum Gasteiger partial charge on any atom is -0.345 e. The fourth-order valence-electron chi connectivity index (χ4n) is 3.06. The van der Waals surface area contributed by atoms with E-state index in [4.69, 9.17) is 4.98 Å². The van der Waals surface area contributed by atoms with E-state index in [2.05, 4.69) is 72.6 Å². The molecule has 0 aliphatic heterocycles. The average Bonchev–Trinajstić information content (AvgIpc) is 3.18. The molecule has 0 bridgehead atoms. The Bertz CT molecular complexity index is 1050. The van der Waals surface area contributed by atoms with E-state index in [0.717, 1.165) is 33.5 Å². The molecular formula is C20H23N5S. The van der Waals surface area contributed by atoms with Crippen molar-refractivity contribution in [2.24, 2.45) is 0 Å². The quantitative estimate of drug-likeness (QED) is 0.527. The van der Waals surface area contributed by atoms with Crippen molar-refractivity contribution in [3.63, 3.8) is 0 Å². The molecule has 0 saturated carbocycles. The largest absolute Gasteiger partial charge is 0.345 e. The Hall–Kier alpha value is -2.34. The van der Waals surface area contributed by atoms with Gasteiger partial charge in [0, 0.05) is 53.2 Å². The first-order valence-corrected chi connectivity index (χ1v) is 9.59. The van der Waals surface area contributed by atoms with Crippen molar-refractivity contribution in [3.05, 3.63) is 47.6 Å². The Labute approximate surface area is 157 Å². The molecule has 0 spiro atoms. The second kappa shape index (κ2) is 5.84. The van der Waals surface area contributed by atoms with Crippen LogP contribution in [0.4, 0.5) is 0 Å². The average molecular weight is 366 g/mol. The van der Waals surface area contributed by atoms with E-state index < -0.39 is 0 Å². The van der Waals surface area contributed by atoms with Gasteiger partial charge in [-0.1, -0.05) is 13.8 Å². The van der Waals surface area contributed by atoms with E-state index in [9.17, 15) is 0 Å². The molecule has 0 amide bonds. The summed E-state index contributed by atoms with van der Waals surface area (Å²) in [5.74, 6) is 0. The summed E-state index contributed by atoms with van der Waals surface area (Å²) in [5.41, 5.74) is 3.84. The number of hydrogen-bond donors (Lipinski definition) is 0. The minimum absolute atomic E-state index is 0.0267. The summed E-state index contributed by atoms with van der Waals surface area (Å²) in [6.45, 7) is 11.0. The molecule has 4 rings (SSSR count). The Morgan fingerprint density at radius 1 is 0.923 bits per heavy atom. The maximum atomic E-state index is 4.86. The van der Waals surface area contributed by atoms with Gasteiger partial charge in [0.25, 0.3) is 0 Å². The summed E-state index contributed by atoms with van der Waals surface area (Å²) in [7, 11) is 0. The Morgan fingerprint density at radius 2 is 1.65 bits per heavy atom. The second-order valence-corrected chi connectivity index (χ2v) is 9.42. The zero-order chi connectivity index (χ0) is 18.5. The van der Waals surface area contributed by atoms with Crippen molar-refractivity contribution in [1.29, 1.82) is 0 Å². The first-order valence-electron chi connectivity index (χ1n) is 8.77. The standard InChI is InChI=1S/C20H23N5S/c1-19(2,3)25-11-15-16(12-25)24-13(10-23-15)9-20(4,5)17-8-14-18(26-17)22-7-6-21-14/h6-8,10-12H,9H2,1-5H3. The molecule has 4 aromatic rings. The SMILES string of the molecule is CC(C)(Cc1cnc2cn(C(C)(C)C)cc2n1)c1cc2nccnc2s1. The molecule has 5 nitrogen and oxygen atoms in total. The Balaban J connectivity index is 1.66. The van der Waals surface area contributed by atoms with Crippen molar-refractivity contribution in [2.75, 3.05) is 0 Å². The molecule has 6 heteroatoms. The topological polar surface area (TPSA) is 56.5 Å². The van der Waals surface area contributed by atoms with Gasteiger partial charge in [0.15, 0.2) is 0 Å². The molecule has 0 atom stereocenters. The van der Waals surface area contributed by atoms with Crippen molar-refractivity contribution in [3.8, 4) is 0 Å². The monoisotopic (exact) mass is 365 g/mol. The molecule has 0 saturated heterocycles. The lowest BCUT2D eigenvalue weighted by Gasteiger charge is -2.22. The van der Waals surface area contributed by atoms with E-state index in [1.807, 2.05) is 6.20 Å². The zero-order valence-corrected chi connectivity index (χ0v) is 16.6. The first kappa shape index (κ1) is 17.1. The third-order valence-electron chi connectivity index (χ3n) is 4.63. The molecule has 26 heavy (non-hydrogen) atoms. The van der Waals surface area contributed by atoms with Crippen LogP contribution in [0.2, 0.25) is 0 Å². The molecular weight excluding hydrogens is 342 g/mol. The maximum Gasteiger partial charge on any atom is 0.142 e. The van der Waals surface area contributed by atoms with Crippen LogP contribution in [0.3, 0.4) is 0 Å². The minimum atomic E-state index is -0.0536. The highest BCUT2D eigenvalue weighted by atomic mass is 32.1. The molecule has 0 radical (unpaired) electrons. The Morgan fingerprint density at radius 3 is 2.38 bits per heavy atom.